The summed E-state index contributed by atoms with van der Waals surface area (Å²) in [6, 6.07) is 13.3. The average molecular weight is 347 g/mol. The molecule has 2 aromatic heterocycles. The van der Waals surface area contributed by atoms with Gasteiger partial charge in [0.15, 0.2) is 0 Å². The van der Waals surface area contributed by atoms with Gasteiger partial charge in [0.05, 0.1) is 28.9 Å². The monoisotopic (exact) mass is 347 g/mol. The second-order valence-corrected chi connectivity index (χ2v) is 6.62. The van der Waals surface area contributed by atoms with E-state index in [4.69, 9.17) is 9.72 Å². The Hall–Kier alpha value is -2.79. The van der Waals surface area contributed by atoms with Gasteiger partial charge in [0, 0.05) is 30.0 Å². The number of carbonyl (C=O) groups is 1. The smallest absolute Gasteiger partial charge is 0.252 e. The van der Waals surface area contributed by atoms with Gasteiger partial charge in [0.2, 0.25) is 0 Å². The van der Waals surface area contributed by atoms with Crippen molar-refractivity contribution in [3.05, 3.63) is 60.4 Å². The first-order chi connectivity index (χ1) is 12.7. The van der Waals surface area contributed by atoms with Crippen molar-refractivity contribution in [2.75, 3.05) is 6.61 Å². The molecule has 0 spiro atoms. The van der Waals surface area contributed by atoms with Gasteiger partial charge in [0.1, 0.15) is 0 Å². The van der Waals surface area contributed by atoms with E-state index in [-0.39, 0.29) is 18.1 Å². The van der Waals surface area contributed by atoms with Crippen LogP contribution in [0.5, 0.6) is 0 Å². The molecule has 0 unspecified atom stereocenters. The summed E-state index contributed by atoms with van der Waals surface area (Å²) in [6.07, 6.45) is 5.58. The van der Waals surface area contributed by atoms with Crippen molar-refractivity contribution in [2.24, 2.45) is 0 Å². The molecule has 1 aliphatic rings. The lowest BCUT2D eigenvalue weighted by molar-refractivity contribution is 0.0713. The predicted molar refractivity (Wildman–Crippen MR) is 101 cm³/mol. The molecule has 4 rings (SSSR count). The van der Waals surface area contributed by atoms with E-state index in [0.717, 1.165) is 41.6 Å². The van der Waals surface area contributed by atoms with Crippen LogP contribution in [0, 0.1) is 0 Å². The van der Waals surface area contributed by atoms with Crippen molar-refractivity contribution in [2.45, 2.75) is 31.9 Å². The van der Waals surface area contributed by atoms with Crippen molar-refractivity contribution in [3.63, 3.8) is 0 Å². The van der Waals surface area contributed by atoms with Crippen LogP contribution in [0.25, 0.3) is 22.2 Å². The van der Waals surface area contributed by atoms with Crippen molar-refractivity contribution >= 4 is 16.8 Å². The minimum absolute atomic E-state index is 0.0266. The summed E-state index contributed by atoms with van der Waals surface area (Å²) in [5, 5.41) is 3.95. The molecule has 5 nitrogen and oxygen atoms in total. The molecule has 5 heteroatoms. The minimum Gasteiger partial charge on any atom is -0.376 e. The van der Waals surface area contributed by atoms with Crippen LogP contribution in [-0.4, -0.2) is 34.6 Å². The lowest BCUT2D eigenvalue weighted by Gasteiger charge is -2.20. The molecule has 1 amide bonds. The van der Waals surface area contributed by atoms with Crippen LogP contribution in [0.1, 0.15) is 30.1 Å². The number of fused-ring (bicyclic) bond motifs is 1. The molecule has 26 heavy (non-hydrogen) atoms. The number of amides is 1. The zero-order chi connectivity index (χ0) is 17.9. The SMILES string of the molecule is C[C@@H](NC(=O)c1cc(-c2ccncc2)nc2ccccc12)[C@@H]1CCCO1. The Morgan fingerprint density at radius 2 is 2.04 bits per heavy atom. The Morgan fingerprint density at radius 3 is 2.81 bits per heavy atom. The number of ether oxygens (including phenoxy) is 1. The lowest BCUT2D eigenvalue weighted by Crippen LogP contribution is -2.40. The summed E-state index contributed by atoms with van der Waals surface area (Å²) >= 11 is 0. The number of pyridine rings is 2. The molecule has 3 heterocycles. The number of hydrogen-bond acceptors (Lipinski definition) is 4. The third-order valence-electron chi connectivity index (χ3n) is 4.82. The normalized spacial score (nSPS) is 18.0. The van der Waals surface area contributed by atoms with E-state index in [1.165, 1.54) is 0 Å². The Labute approximate surface area is 152 Å². The molecule has 1 aliphatic heterocycles. The summed E-state index contributed by atoms with van der Waals surface area (Å²) in [5.41, 5.74) is 3.14. The van der Waals surface area contributed by atoms with Gasteiger partial charge in [0.25, 0.3) is 5.91 Å². The van der Waals surface area contributed by atoms with Crippen molar-refractivity contribution < 1.29 is 9.53 Å². The van der Waals surface area contributed by atoms with Gasteiger partial charge in [-0.2, -0.15) is 0 Å². The number of nitrogens with one attached hydrogen (secondary N) is 1. The zero-order valence-corrected chi connectivity index (χ0v) is 14.7. The molecule has 1 aromatic carbocycles. The van der Waals surface area contributed by atoms with E-state index in [1.807, 2.05) is 49.4 Å². The van der Waals surface area contributed by atoms with Crippen LogP contribution >= 0.6 is 0 Å². The summed E-state index contributed by atoms with van der Waals surface area (Å²) in [4.78, 5) is 21.8. The van der Waals surface area contributed by atoms with Gasteiger partial charge in [-0.3, -0.25) is 9.78 Å². The molecule has 0 aliphatic carbocycles. The van der Waals surface area contributed by atoms with E-state index in [2.05, 4.69) is 10.3 Å². The number of hydrogen-bond donors (Lipinski definition) is 1. The predicted octanol–water partition coefficient (Wildman–Crippen LogP) is 3.59. The molecule has 1 N–H and O–H groups in total. The van der Waals surface area contributed by atoms with Crippen LogP contribution in [0.3, 0.4) is 0 Å². The molecule has 132 valence electrons. The molecule has 0 saturated carbocycles. The summed E-state index contributed by atoms with van der Waals surface area (Å²) in [6.45, 7) is 2.77. The van der Waals surface area contributed by atoms with Gasteiger partial charge in [-0.25, -0.2) is 4.98 Å². The molecule has 0 bridgehead atoms. The van der Waals surface area contributed by atoms with Gasteiger partial charge in [-0.1, -0.05) is 18.2 Å². The second-order valence-electron chi connectivity index (χ2n) is 6.62. The maximum absolute atomic E-state index is 13.0. The van der Waals surface area contributed by atoms with Crippen LogP contribution in [0.4, 0.5) is 0 Å². The number of rotatable bonds is 4. The van der Waals surface area contributed by atoms with Gasteiger partial charge in [-0.05, 0) is 44.0 Å². The average Bonchev–Trinajstić information content (AvgIpc) is 3.23. The fourth-order valence-corrected chi connectivity index (χ4v) is 3.41. The fraction of sp³-hybridized carbons (Fsp3) is 0.286. The van der Waals surface area contributed by atoms with Gasteiger partial charge in [-0.15, -0.1) is 0 Å². The molecule has 0 radical (unpaired) electrons. The minimum atomic E-state index is -0.0955. The number of nitrogens with zero attached hydrogens (tertiary/aromatic N) is 2. The largest absolute Gasteiger partial charge is 0.376 e. The van der Waals surface area contributed by atoms with Crippen LogP contribution in [0.2, 0.25) is 0 Å². The third kappa shape index (κ3) is 3.30. The number of para-hydroxylation sites is 1. The maximum atomic E-state index is 13.0. The highest BCUT2D eigenvalue weighted by molar-refractivity contribution is 6.07. The van der Waals surface area contributed by atoms with Crippen LogP contribution in [0.15, 0.2) is 54.9 Å². The van der Waals surface area contributed by atoms with Crippen molar-refractivity contribution in [1.29, 1.82) is 0 Å². The Balaban J connectivity index is 1.71. The Bertz CT molecular complexity index is 921. The summed E-state index contributed by atoms with van der Waals surface area (Å²) in [5.74, 6) is -0.0955. The highest BCUT2D eigenvalue weighted by Gasteiger charge is 2.25. The standard InChI is InChI=1S/C21H21N3O2/c1-14(20-7-4-12-26-20)23-21(25)17-13-19(15-8-10-22-11-9-15)24-18-6-3-2-5-16(17)18/h2-3,5-6,8-11,13-14,20H,4,7,12H2,1H3,(H,23,25)/t14-,20+/m1/s1. The second kappa shape index (κ2) is 7.22. The van der Waals surface area contributed by atoms with E-state index in [1.54, 1.807) is 12.4 Å². The van der Waals surface area contributed by atoms with Crippen molar-refractivity contribution in [3.8, 4) is 11.3 Å². The number of carbonyl (C=O) groups excluding carboxylic acids is 1. The summed E-state index contributed by atoms with van der Waals surface area (Å²) < 4.78 is 5.70. The van der Waals surface area contributed by atoms with Gasteiger partial charge < -0.3 is 10.1 Å². The first-order valence-corrected chi connectivity index (χ1v) is 8.95. The van der Waals surface area contributed by atoms with Crippen LogP contribution in [-0.2, 0) is 4.74 Å². The molecule has 1 saturated heterocycles. The first-order valence-electron chi connectivity index (χ1n) is 8.95. The molecule has 2 atom stereocenters. The molecular weight excluding hydrogens is 326 g/mol. The van der Waals surface area contributed by atoms with Gasteiger partial charge >= 0.3 is 0 Å². The Kier molecular flexibility index (Phi) is 4.63. The van der Waals surface area contributed by atoms with E-state index in [9.17, 15) is 4.79 Å². The molecule has 3 aromatic rings. The van der Waals surface area contributed by atoms with E-state index < -0.39 is 0 Å². The zero-order valence-electron chi connectivity index (χ0n) is 14.7. The summed E-state index contributed by atoms with van der Waals surface area (Å²) in [7, 11) is 0. The molecule has 1 fully saturated rings. The first kappa shape index (κ1) is 16.7. The number of aromatic nitrogens is 2. The Morgan fingerprint density at radius 1 is 1.23 bits per heavy atom. The number of benzene rings is 1. The highest BCUT2D eigenvalue weighted by Crippen LogP contribution is 2.25. The topological polar surface area (TPSA) is 64.1 Å². The van der Waals surface area contributed by atoms with Crippen molar-refractivity contribution in [1.82, 2.24) is 15.3 Å². The fourth-order valence-electron chi connectivity index (χ4n) is 3.41. The lowest BCUT2D eigenvalue weighted by atomic mass is 10.0. The quantitative estimate of drug-likeness (QED) is 0.783. The van der Waals surface area contributed by atoms with Crippen LogP contribution < -0.4 is 5.32 Å². The maximum Gasteiger partial charge on any atom is 0.252 e. The molecular formula is C21H21N3O2. The van der Waals surface area contributed by atoms with E-state index in [0.29, 0.717) is 5.56 Å². The highest BCUT2D eigenvalue weighted by atomic mass is 16.5. The third-order valence-corrected chi connectivity index (χ3v) is 4.82. The van der Waals surface area contributed by atoms with E-state index >= 15 is 0 Å².